The highest BCUT2D eigenvalue weighted by Crippen LogP contribution is 2.37. The van der Waals surface area contributed by atoms with Crippen LogP contribution in [0.3, 0.4) is 0 Å². The van der Waals surface area contributed by atoms with E-state index in [1.807, 2.05) is 38.3 Å². The van der Waals surface area contributed by atoms with E-state index in [1.54, 1.807) is 4.90 Å². The van der Waals surface area contributed by atoms with Crippen molar-refractivity contribution in [2.24, 2.45) is 0 Å². The van der Waals surface area contributed by atoms with Gasteiger partial charge < -0.3 is 14.7 Å². The predicted molar refractivity (Wildman–Crippen MR) is 71.0 cm³/mol. The van der Waals surface area contributed by atoms with E-state index >= 15 is 0 Å². The first-order valence-corrected chi connectivity index (χ1v) is 6.90. The van der Waals surface area contributed by atoms with Crippen molar-refractivity contribution < 1.29 is 19.4 Å². The fraction of sp³-hybridized carbons (Fsp3) is 0.538. The summed E-state index contributed by atoms with van der Waals surface area (Å²) in [5, 5.41) is 11.2. The molecular weight excluding hydrogens is 266 g/mol. The van der Waals surface area contributed by atoms with Crippen molar-refractivity contribution >= 4 is 23.2 Å². The number of ether oxygens (including phenoxy) is 1. The van der Waals surface area contributed by atoms with Crippen LogP contribution < -0.4 is 0 Å². The summed E-state index contributed by atoms with van der Waals surface area (Å²) in [5.74, 6) is -1.22. The Morgan fingerprint density at radius 2 is 2.21 bits per heavy atom. The summed E-state index contributed by atoms with van der Waals surface area (Å²) in [5.41, 5.74) is -0.455. The van der Waals surface area contributed by atoms with Crippen LogP contribution in [0, 0.1) is 0 Å². The molecule has 2 unspecified atom stereocenters. The molecule has 2 atom stereocenters. The Hall–Kier alpha value is -1.40. The maximum atomic E-state index is 12.1. The van der Waals surface area contributed by atoms with E-state index in [9.17, 15) is 14.7 Å². The molecule has 2 rings (SSSR count). The lowest BCUT2D eigenvalue weighted by Crippen LogP contribution is -2.58. The number of hydrogen-bond acceptors (Lipinski definition) is 4. The second-order valence-electron chi connectivity index (χ2n) is 5.46. The van der Waals surface area contributed by atoms with Crippen LogP contribution in [-0.2, 0) is 14.3 Å². The van der Waals surface area contributed by atoms with Gasteiger partial charge in [0.25, 0.3) is 0 Å². The molecule has 1 aliphatic rings. The summed E-state index contributed by atoms with van der Waals surface area (Å²) < 4.78 is 5.23. The smallest absolute Gasteiger partial charge is 0.335 e. The highest BCUT2D eigenvalue weighted by Gasteiger charge is 2.46. The number of carboxylic acids is 1. The zero-order valence-electron chi connectivity index (χ0n) is 11.1. The van der Waals surface area contributed by atoms with Crippen LogP contribution in [0.4, 0.5) is 0 Å². The molecule has 0 saturated carbocycles. The SMILES string of the molecule is CC(C)(C)N1C(=O)COC(C(=O)O)C1c1cccs1. The monoisotopic (exact) mass is 283 g/mol. The molecule has 6 heteroatoms. The molecule has 0 bridgehead atoms. The van der Waals surface area contributed by atoms with Gasteiger partial charge in [0, 0.05) is 10.4 Å². The standard InChI is InChI=1S/C13H17NO4S/c1-13(2,3)14-9(15)7-18-11(12(16)17)10(14)8-5-4-6-19-8/h4-6,10-11H,7H2,1-3H3,(H,16,17). The first kappa shape index (κ1) is 14.0. The van der Waals surface area contributed by atoms with Gasteiger partial charge >= 0.3 is 5.97 Å². The molecule has 0 aromatic carbocycles. The Morgan fingerprint density at radius 1 is 1.53 bits per heavy atom. The molecule has 1 amide bonds. The third-order valence-corrected chi connectivity index (χ3v) is 3.96. The van der Waals surface area contributed by atoms with E-state index in [4.69, 9.17) is 4.74 Å². The second-order valence-corrected chi connectivity index (χ2v) is 6.44. The summed E-state index contributed by atoms with van der Waals surface area (Å²) >= 11 is 1.44. The number of thiophene rings is 1. The van der Waals surface area contributed by atoms with E-state index in [-0.39, 0.29) is 12.5 Å². The second kappa shape index (κ2) is 4.94. The molecule has 1 aromatic rings. The van der Waals surface area contributed by atoms with Gasteiger partial charge in [0.1, 0.15) is 12.6 Å². The molecule has 5 nitrogen and oxygen atoms in total. The lowest BCUT2D eigenvalue weighted by atomic mass is 9.96. The topological polar surface area (TPSA) is 66.8 Å². The number of hydrogen-bond donors (Lipinski definition) is 1. The van der Waals surface area contributed by atoms with E-state index in [0.717, 1.165) is 4.88 Å². The van der Waals surface area contributed by atoms with Crippen LogP contribution in [0.25, 0.3) is 0 Å². The van der Waals surface area contributed by atoms with Gasteiger partial charge in [0.05, 0.1) is 0 Å². The maximum absolute atomic E-state index is 12.1. The number of carboxylic acid groups (broad SMARTS) is 1. The first-order valence-electron chi connectivity index (χ1n) is 6.02. The average molecular weight is 283 g/mol. The summed E-state index contributed by atoms with van der Waals surface area (Å²) in [7, 11) is 0. The number of amides is 1. The minimum atomic E-state index is -1.04. The number of morpholine rings is 1. The van der Waals surface area contributed by atoms with Gasteiger partial charge in [-0.2, -0.15) is 0 Å². The fourth-order valence-corrected chi connectivity index (χ4v) is 3.19. The molecule has 104 valence electrons. The summed E-state index contributed by atoms with van der Waals surface area (Å²) in [6, 6.07) is 3.11. The van der Waals surface area contributed by atoms with Gasteiger partial charge in [-0.05, 0) is 32.2 Å². The molecule has 1 aliphatic heterocycles. The number of rotatable bonds is 2. The minimum Gasteiger partial charge on any atom is -0.479 e. The number of carbonyl (C=O) groups is 2. The van der Waals surface area contributed by atoms with Crippen LogP contribution in [0.2, 0.25) is 0 Å². The van der Waals surface area contributed by atoms with Crippen LogP contribution in [0.15, 0.2) is 17.5 Å². The van der Waals surface area contributed by atoms with Gasteiger partial charge in [-0.15, -0.1) is 11.3 Å². The van der Waals surface area contributed by atoms with Crippen LogP contribution >= 0.6 is 11.3 Å². The van der Waals surface area contributed by atoms with Gasteiger partial charge in [0.15, 0.2) is 6.10 Å². The van der Waals surface area contributed by atoms with Crippen LogP contribution in [-0.4, -0.2) is 40.1 Å². The molecule has 2 heterocycles. The summed E-state index contributed by atoms with van der Waals surface area (Å²) in [6.45, 7) is 5.51. The van der Waals surface area contributed by atoms with Gasteiger partial charge in [0.2, 0.25) is 5.91 Å². The average Bonchev–Trinajstić information content (AvgIpc) is 2.79. The third kappa shape index (κ3) is 2.64. The number of aliphatic carboxylic acids is 1. The number of carbonyl (C=O) groups excluding carboxylic acids is 1. The maximum Gasteiger partial charge on any atom is 0.335 e. The molecular formula is C13H17NO4S. The van der Waals surface area contributed by atoms with E-state index in [0.29, 0.717) is 0 Å². The Balaban J connectivity index is 2.47. The van der Waals surface area contributed by atoms with Crippen LogP contribution in [0.1, 0.15) is 31.7 Å². The Labute approximate surface area is 115 Å². The zero-order chi connectivity index (χ0) is 14.2. The highest BCUT2D eigenvalue weighted by molar-refractivity contribution is 7.10. The summed E-state index contributed by atoms with van der Waals surface area (Å²) in [6.07, 6.45) is -1.02. The van der Waals surface area contributed by atoms with Crippen molar-refractivity contribution in [1.82, 2.24) is 4.90 Å². The molecule has 1 saturated heterocycles. The normalized spacial score (nSPS) is 24.6. The van der Waals surface area contributed by atoms with E-state index in [2.05, 4.69) is 0 Å². The van der Waals surface area contributed by atoms with Crippen molar-refractivity contribution in [3.63, 3.8) is 0 Å². The predicted octanol–water partition coefficient (Wildman–Crippen LogP) is 1.90. The largest absolute Gasteiger partial charge is 0.479 e. The lowest BCUT2D eigenvalue weighted by molar-refractivity contribution is -0.179. The molecule has 1 N–H and O–H groups in total. The third-order valence-electron chi connectivity index (χ3n) is 3.02. The van der Waals surface area contributed by atoms with Gasteiger partial charge in [-0.3, -0.25) is 4.79 Å². The Kier molecular flexibility index (Phi) is 3.64. The van der Waals surface area contributed by atoms with Crippen molar-refractivity contribution in [3.8, 4) is 0 Å². The molecule has 0 spiro atoms. The van der Waals surface area contributed by atoms with Gasteiger partial charge in [-0.1, -0.05) is 6.07 Å². The van der Waals surface area contributed by atoms with Crippen molar-refractivity contribution in [2.45, 2.75) is 38.5 Å². The highest BCUT2D eigenvalue weighted by atomic mass is 32.1. The van der Waals surface area contributed by atoms with Crippen molar-refractivity contribution in [2.75, 3.05) is 6.61 Å². The minimum absolute atomic E-state index is 0.177. The quantitative estimate of drug-likeness (QED) is 0.900. The molecule has 1 aromatic heterocycles. The molecule has 1 fully saturated rings. The Morgan fingerprint density at radius 3 is 2.68 bits per heavy atom. The Bertz CT molecular complexity index is 477. The first-order chi connectivity index (χ1) is 8.82. The molecule has 0 radical (unpaired) electrons. The van der Waals surface area contributed by atoms with E-state index < -0.39 is 23.7 Å². The summed E-state index contributed by atoms with van der Waals surface area (Å²) in [4.78, 5) is 26.0. The van der Waals surface area contributed by atoms with Crippen molar-refractivity contribution in [1.29, 1.82) is 0 Å². The lowest BCUT2D eigenvalue weighted by Gasteiger charge is -2.46. The van der Waals surface area contributed by atoms with E-state index in [1.165, 1.54) is 11.3 Å². The van der Waals surface area contributed by atoms with Crippen molar-refractivity contribution in [3.05, 3.63) is 22.4 Å². The van der Waals surface area contributed by atoms with Crippen LogP contribution in [0.5, 0.6) is 0 Å². The zero-order valence-corrected chi connectivity index (χ0v) is 11.9. The number of nitrogens with zero attached hydrogens (tertiary/aromatic N) is 1. The molecule has 0 aliphatic carbocycles. The van der Waals surface area contributed by atoms with Gasteiger partial charge in [-0.25, -0.2) is 4.79 Å². The fourth-order valence-electron chi connectivity index (χ4n) is 2.35. The molecule has 19 heavy (non-hydrogen) atoms.